The van der Waals surface area contributed by atoms with E-state index < -0.39 is 0 Å². The number of benzene rings is 1. The van der Waals surface area contributed by atoms with E-state index in [4.69, 9.17) is 18.9 Å². The van der Waals surface area contributed by atoms with Crippen LogP contribution in [0.15, 0.2) is 17.1 Å². The van der Waals surface area contributed by atoms with Crippen molar-refractivity contribution in [3.05, 3.63) is 17.7 Å². The lowest BCUT2D eigenvalue weighted by Gasteiger charge is -2.22. The van der Waals surface area contributed by atoms with Crippen LogP contribution in [0.1, 0.15) is 12.5 Å². The van der Waals surface area contributed by atoms with Crippen molar-refractivity contribution in [2.45, 2.75) is 13.5 Å². The van der Waals surface area contributed by atoms with Crippen LogP contribution in [0.4, 0.5) is 0 Å². The number of methoxy groups -OCH3 is 4. The molecule has 0 spiro atoms. The van der Waals surface area contributed by atoms with Gasteiger partial charge in [-0.25, -0.2) is 0 Å². The zero-order valence-corrected chi connectivity index (χ0v) is 19.6. The standard InChI is InChI=1S/C19H29N3O5.HI/c1-12-10-22(11-14(12)18(23)27-6)19(20-2)21-9-13-7-8-15(24-3)17(26-5)16(13)25-4;/h7-8,12,14H,9-11H2,1-6H3,(H,20,21);1H. The van der Waals surface area contributed by atoms with E-state index in [1.807, 2.05) is 19.1 Å². The molecule has 0 bridgehead atoms. The van der Waals surface area contributed by atoms with Gasteiger partial charge < -0.3 is 29.2 Å². The lowest BCUT2D eigenvalue weighted by atomic mass is 9.99. The monoisotopic (exact) mass is 507 g/mol. The minimum absolute atomic E-state index is 0. The molecule has 1 saturated heterocycles. The Hall–Kier alpha value is -1.91. The number of hydrogen-bond donors (Lipinski definition) is 1. The van der Waals surface area contributed by atoms with Gasteiger partial charge in [0.1, 0.15) is 0 Å². The lowest BCUT2D eigenvalue weighted by molar-refractivity contribution is -0.145. The molecule has 28 heavy (non-hydrogen) atoms. The fourth-order valence-corrected chi connectivity index (χ4v) is 3.41. The maximum atomic E-state index is 11.9. The first-order valence-corrected chi connectivity index (χ1v) is 8.81. The van der Waals surface area contributed by atoms with Gasteiger partial charge in [-0.05, 0) is 18.1 Å². The fourth-order valence-electron chi connectivity index (χ4n) is 3.41. The van der Waals surface area contributed by atoms with Gasteiger partial charge in [0.2, 0.25) is 5.75 Å². The third kappa shape index (κ3) is 5.12. The first kappa shape index (κ1) is 24.1. The van der Waals surface area contributed by atoms with E-state index >= 15 is 0 Å². The van der Waals surface area contributed by atoms with E-state index in [1.165, 1.54) is 7.11 Å². The second kappa shape index (κ2) is 11.2. The van der Waals surface area contributed by atoms with Crippen molar-refractivity contribution in [1.82, 2.24) is 10.2 Å². The molecule has 1 heterocycles. The van der Waals surface area contributed by atoms with E-state index in [1.54, 1.807) is 28.4 Å². The number of carbonyl (C=O) groups is 1. The summed E-state index contributed by atoms with van der Waals surface area (Å²) in [6.07, 6.45) is 0. The van der Waals surface area contributed by atoms with Gasteiger partial charge in [0, 0.05) is 32.2 Å². The average Bonchev–Trinajstić information content (AvgIpc) is 3.08. The third-order valence-corrected chi connectivity index (χ3v) is 4.85. The van der Waals surface area contributed by atoms with Crippen molar-refractivity contribution in [3.8, 4) is 17.2 Å². The number of ether oxygens (including phenoxy) is 4. The third-order valence-electron chi connectivity index (χ3n) is 4.85. The highest BCUT2D eigenvalue weighted by atomic mass is 127. The molecule has 2 atom stereocenters. The summed E-state index contributed by atoms with van der Waals surface area (Å²) in [7, 11) is 7.91. The number of nitrogens with one attached hydrogen (secondary N) is 1. The number of nitrogens with zero attached hydrogens (tertiary/aromatic N) is 2. The van der Waals surface area contributed by atoms with Crippen molar-refractivity contribution < 1.29 is 23.7 Å². The lowest BCUT2D eigenvalue weighted by Crippen LogP contribution is -2.40. The van der Waals surface area contributed by atoms with Crippen LogP contribution in [0.5, 0.6) is 17.2 Å². The molecule has 1 fully saturated rings. The molecular formula is C19H30IN3O5. The van der Waals surface area contributed by atoms with Crippen LogP contribution in [-0.4, -0.2) is 65.4 Å². The summed E-state index contributed by atoms with van der Waals surface area (Å²) in [6.45, 7) is 3.86. The van der Waals surface area contributed by atoms with Crippen molar-refractivity contribution >= 4 is 35.9 Å². The highest BCUT2D eigenvalue weighted by Gasteiger charge is 2.36. The van der Waals surface area contributed by atoms with Crippen molar-refractivity contribution in [2.24, 2.45) is 16.8 Å². The van der Waals surface area contributed by atoms with Gasteiger partial charge in [-0.3, -0.25) is 9.79 Å². The molecule has 1 aromatic rings. The van der Waals surface area contributed by atoms with Gasteiger partial charge in [0.15, 0.2) is 17.5 Å². The van der Waals surface area contributed by atoms with E-state index in [0.717, 1.165) is 18.1 Å². The Morgan fingerprint density at radius 2 is 1.82 bits per heavy atom. The van der Waals surface area contributed by atoms with Crippen LogP contribution < -0.4 is 19.5 Å². The van der Waals surface area contributed by atoms with Gasteiger partial charge in [-0.1, -0.05) is 6.92 Å². The summed E-state index contributed by atoms with van der Waals surface area (Å²) < 4.78 is 21.2. The molecule has 1 aromatic carbocycles. The molecule has 1 aliphatic heterocycles. The fraction of sp³-hybridized carbons (Fsp3) is 0.579. The first-order chi connectivity index (χ1) is 13.0. The Bertz CT molecular complexity index is 698. The van der Waals surface area contributed by atoms with Gasteiger partial charge >= 0.3 is 5.97 Å². The Labute approximate surface area is 183 Å². The molecule has 8 nitrogen and oxygen atoms in total. The highest BCUT2D eigenvalue weighted by molar-refractivity contribution is 14.0. The summed E-state index contributed by atoms with van der Waals surface area (Å²) in [5.74, 6) is 2.37. The normalized spacial score (nSPS) is 18.9. The van der Waals surface area contributed by atoms with Crippen LogP contribution >= 0.6 is 24.0 Å². The van der Waals surface area contributed by atoms with Crippen LogP contribution in [0.3, 0.4) is 0 Å². The number of aliphatic imine (C=N–C) groups is 1. The molecule has 9 heteroatoms. The molecule has 1 aliphatic rings. The molecular weight excluding hydrogens is 477 g/mol. The van der Waals surface area contributed by atoms with E-state index in [-0.39, 0.29) is 41.8 Å². The number of likely N-dealkylation sites (tertiary alicyclic amines) is 1. The molecule has 0 aliphatic carbocycles. The van der Waals surface area contributed by atoms with Gasteiger partial charge in [-0.15, -0.1) is 24.0 Å². The van der Waals surface area contributed by atoms with E-state index in [2.05, 4.69) is 15.2 Å². The van der Waals surface area contributed by atoms with Crippen molar-refractivity contribution in [1.29, 1.82) is 0 Å². The minimum atomic E-state index is -0.179. The quantitative estimate of drug-likeness (QED) is 0.274. The molecule has 0 saturated carbocycles. The summed E-state index contributed by atoms with van der Waals surface area (Å²) in [4.78, 5) is 18.3. The topological polar surface area (TPSA) is 81.6 Å². The molecule has 2 unspecified atom stereocenters. The van der Waals surface area contributed by atoms with Crippen molar-refractivity contribution in [3.63, 3.8) is 0 Å². The SMILES string of the molecule is CN=C(NCc1ccc(OC)c(OC)c1OC)N1CC(C)C(C(=O)OC)C1.I. The molecule has 1 N–H and O–H groups in total. The summed E-state index contributed by atoms with van der Waals surface area (Å²) >= 11 is 0. The summed E-state index contributed by atoms with van der Waals surface area (Å²) in [6, 6.07) is 3.76. The van der Waals surface area contributed by atoms with Crippen LogP contribution in [-0.2, 0) is 16.1 Å². The number of esters is 1. The Morgan fingerprint density at radius 3 is 2.36 bits per heavy atom. The smallest absolute Gasteiger partial charge is 0.310 e. The maximum absolute atomic E-state index is 11.9. The number of rotatable bonds is 6. The molecule has 0 amide bonds. The van der Waals surface area contributed by atoms with Gasteiger partial charge in [-0.2, -0.15) is 0 Å². The van der Waals surface area contributed by atoms with E-state index in [0.29, 0.717) is 30.3 Å². The number of guanidine groups is 1. The second-order valence-electron chi connectivity index (χ2n) is 6.41. The first-order valence-electron chi connectivity index (χ1n) is 8.81. The Morgan fingerprint density at radius 1 is 1.14 bits per heavy atom. The predicted octanol–water partition coefficient (Wildman–Crippen LogP) is 2.15. The highest BCUT2D eigenvalue weighted by Crippen LogP contribution is 2.39. The second-order valence-corrected chi connectivity index (χ2v) is 6.41. The Kier molecular flexibility index (Phi) is 9.63. The molecule has 0 radical (unpaired) electrons. The summed E-state index contributed by atoms with van der Waals surface area (Å²) in [5, 5.41) is 3.34. The van der Waals surface area contributed by atoms with Crippen LogP contribution in [0, 0.1) is 11.8 Å². The zero-order valence-electron chi connectivity index (χ0n) is 17.3. The van der Waals surface area contributed by atoms with Crippen LogP contribution in [0.25, 0.3) is 0 Å². The average molecular weight is 507 g/mol. The zero-order chi connectivity index (χ0) is 20.0. The number of halogens is 1. The molecule has 158 valence electrons. The maximum Gasteiger partial charge on any atom is 0.310 e. The number of hydrogen-bond acceptors (Lipinski definition) is 6. The van der Waals surface area contributed by atoms with Gasteiger partial charge in [0.25, 0.3) is 0 Å². The molecule has 0 aromatic heterocycles. The van der Waals surface area contributed by atoms with Crippen LogP contribution in [0.2, 0.25) is 0 Å². The van der Waals surface area contributed by atoms with E-state index in [9.17, 15) is 4.79 Å². The van der Waals surface area contributed by atoms with Gasteiger partial charge in [0.05, 0.1) is 34.4 Å². The van der Waals surface area contributed by atoms with Crippen molar-refractivity contribution in [2.75, 3.05) is 48.6 Å². The number of carbonyl (C=O) groups excluding carboxylic acids is 1. The predicted molar refractivity (Wildman–Crippen MR) is 118 cm³/mol. The summed E-state index contributed by atoms with van der Waals surface area (Å²) in [5.41, 5.74) is 0.910. The largest absolute Gasteiger partial charge is 0.493 e. The minimum Gasteiger partial charge on any atom is -0.493 e. The molecule has 2 rings (SSSR count). The Balaban J connectivity index is 0.00000392.